The van der Waals surface area contributed by atoms with E-state index in [2.05, 4.69) is 19.2 Å². The number of benzene rings is 1. The summed E-state index contributed by atoms with van der Waals surface area (Å²) in [4.78, 5) is 11.8. The Morgan fingerprint density at radius 2 is 2.06 bits per heavy atom. The van der Waals surface area contributed by atoms with Crippen LogP contribution in [0.4, 0.5) is 0 Å². The van der Waals surface area contributed by atoms with Crippen LogP contribution >= 0.6 is 11.6 Å². The number of carbonyl (C=O) groups excluding carboxylic acids is 1. The van der Waals surface area contributed by atoms with Gasteiger partial charge < -0.3 is 10.4 Å². The molecule has 4 heteroatoms. The highest BCUT2D eigenvalue weighted by atomic mass is 35.5. The van der Waals surface area contributed by atoms with Crippen molar-refractivity contribution in [1.29, 1.82) is 0 Å². The number of para-hydroxylation sites is 1. The van der Waals surface area contributed by atoms with Crippen LogP contribution in [0.25, 0.3) is 0 Å². The summed E-state index contributed by atoms with van der Waals surface area (Å²) in [5.74, 6) is 0.661. The van der Waals surface area contributed by atoms with Crippen LogP contribution in [0.1, 0.15) is 25.8 Å². The third kappa shape index (κ3) is 4.96. The standard InChI is InChI=1S/C14H20ClNO2/c1-14(2,7-8-15)10-16-13(18)9-11-5-3-4-6-12(11)17/h3-6,17H,7-10H2,1-2H3,(H,16,18). The molecule has 0 bridgehead atoms. The second-order valence-corrected chi connectivity index (χ2v) is 5.56. The molecule has 100 valence electrons. The van der Waals surface area contributed by atoms with Gasteiger partial charge in [0, 0.05) is 18.0 Å². The maximum absolute atomic E-state index is 11.8. The van der Waals surface area contributed by atoms with Gasteiger partial charge in [-0.1, -0.05) is 32.0 Å². The Balaban J connectivity index is 2.46. The number of hydrogen-bond donors (Lipinski definition) is 2. The zero-order valence-electron chi connectivity index (χ0n) is 10.9. The van der Waals surface area contributed by atoms with E-state index in [0.29, 0.717) is 18.0 Å². The number of amides is 1. The molecule has 0 spiro atoms. The molecule has 0 radical (unpaired) electrons. The fraction of sp³-hybridized carbons (Fsp3) is 0.500. The lowest BCUT2D eigenvalue weighted by atomic mass is 9.90. The van der Waals surface area contributed by atoms with Crippen LogP contribution in [0.2, 0.25) is 0 Å². The van der Waals surface area contributed by atoms with Gasteiger partial charge in [-0.15, -0.1) is 11.6 Å². The van der Waals surface area contributed by atoms with E-state index in [-0.39, 0.29) is 23.5 Å². The van der Waals surface area contributed by atoms with E-state index in [0.717, 1.165) is 6.42 Å². The molecule has 0 heterocycles. The van der Waals surface area contributed by atoms with Crippen molar-refractivity contribution in [2.45, 2.75) is 26.7 Å². The molecule has 0 aromatic heterocycles. The predicted octanol–water partition coefficient (Wildman–Crippen LogP) is 2.71. The molecule has 0 fully saturated rings. The molecule has 0 saturated heterocycles. The Hall–Kier alpha value is -1.22. The highest BCUT2D eigenvalue weighted by molar-refractivity contribution is 6.17. The number of nitrogens with one attached hydrogen (secondary N) is 1. The van der Waals surface area contributed by atoms with Crippen LogP contribution in [0.15, 0.2) is 24.3 Å². The Morgan fingerprint density at radius 1 is 1.39 bits per heavy atom. The van der Waals surface area contributed by atoms with Crippen molar-refractivity contribution in [2.75, 3.05) is 12.4 Å². The molecule has 2 N–H and O–H groups in total. The molecule has 1 amide bonds. The number of phenolic OH excluding ortho intramolecular Hbond substituents is 1. The molecule has 3 nitrogen and oxygen atoms in total. The van der Waals surface area contributed by atoms with Gasteiger partial charge in [0.05, 0.1) is 6.42 Å². The largest absolute Gasteiger partial charge is 0.508 e. The molecule has 0 atom stereocenters. The minimum absolute atomic E-state index is 0.00383. The van der Waals surface area contributed by atoms with Gasteiger partial charge in [-0.25, -0.2) is 0 Å². The fourth-order valence-electron chi connectivity index (χ4n) is 1.58. The summed E-state index contributed by atoms with van der Waals surface area (Å²) in [6.45, 7) is 4.72. The quantitative estimate of drug-likeness (QED) is 0.780. The summed E-state index contributed by atoms with van der Waals surface area (Å²) < 4.78 is 0. The Labute approximate surface area is 113 Å². The third-order valence-electron chi connectivity index (χ3n) is 2.88. The highest BCUT2D eigenvalue weighted by Crippen LogP contribution is 2.20. The van der Waals surface area contributed by atoms with Crippen molar-refractivity contribution in [3.05, 3.63) is 29.8 Å². The number of halogens is 1. The van der Waals surface area contributed by atoms with Crippen molar-refractivity contribution in [2.24, 2.45) is 5.41 Å². The lowest BCUT2D eigenvalue weighted by Crippen LogP contribution is -2.35. The van der Waals surface area contributed by atoms with Gasteiger partial charge in [0.15, 0.2) is 0 Å². The first-order chi connectivity index (χ1) is 8.44. The van der Waals surface area contributed by atoms with Gasteiger partial charge in [-0.2, -0.15) is 0 Å². The second-order valence-electron chi connectivity index (χ2n) is 5.19. The molecule has 0 aliphatic heterocycles. The first-order valence-corrected chi connectivity index (χ1v) is 6.57. The van der Waals surface area contributed by atoms with E-state index < -0.39 is 0 Å². The zero-order chi connectivity index (χ0) is 13.6. The molecule has 1 aromatic rings. The molecular weight excluding hydrogens is 250 g/mol. The van der Waals surface area contributed by atoms with E-state index in [1.165, 1.54) is 0 Å². The van der Waals surface area contributed by atoms with Gasteiger partial charge in [-0.3, -0.25) is 4.79 Å². The van der Waals surface area contributed by atoms with Gasteiger partial charge in [0.25, 0.3) is 0 Å². The normalized spacial score (nSPS) is 11.3. The molecule has 0 aliphatic rings. The Bertz CT molecular complexity index is 405. The fourth-order valence-corrected chi connectivity index (χ4v) is 2.09. The minimum Gasteiger partial charge on any atom is -0.508 e. The van der Waals surface area contributed by atoms with E-state index in [1.54, 1.807) is 24.3 Å². The first kappa shape index (κ1) is 14.8. The van der Waals surface area contributed by atoms with Crippen LogP contribution in [0, 0.1) is 5.41 Å². The van der Waals surface area contributed by atoms with E-state index in [9.17, 15) is 9.90 Å². The summed E-state index contributed by atoms with van der Waals surface area (Å²) in [7, 11) is 0. The number of alkyl halides is 1. The maximum atomic E-state index is 11.8. The van der Waals surface area contributed by atoms with Crippen molar-refractivity contribution in [3.8, 4) is 5.75 Å². The van der Waals surface area contributed by atoms with Crippen LogP contribution < -0.4 is 5.32 Å². The van der Waals surface area contributed by atoms with Crippen LogP contribution in [-0.2, 0) is 11.2 Å². The SMILES string of the molecule is CC(C)(CCCl)CNC(=O)Cc1ccccc1O. The molecule has 1 rings (SSSR count). The molecule has 1 aromatic carbocycles. The number of carbonyl (C=O) groups is 1. The molecular formula is C14H20ClNO2. The smallest absolute Gasteiger partial charge is 0.224 e. The average molecular weight is 270 g/mol. The van der Waals surface area contributed by atoms with Crippen molar-refractivity contribution < 1.29 is 9.90 Å². The van der Waals surface area contributed by atoms with Gasteiger partial charge in [-0.05, 0) is 17.9 Å². The molecule has 18 heavy (non-hydrogen) atoms. The predicted molar refractivity (Wildman–Crippen MR) is 73.9 cm³/mol. The molecule has 0 saturated carbocycles. The number of phenols is 1. The third-order valence-corrected chi connectivity index (χ3v) is 3.07. The van der Waals surface area contributed by atoms with Crippen molar-refractivity contribution in [3.63, 3.8) is 0 Å². The summed E-state index contributed by atoms with van der Waals surface area (Å²) in [5, 5.41) is 12.4. The summed E-state index contributed by atoms with van der Waals surface area (Å²) in [5.41, 5.74) is 0.640. The number of aromatic hydroxyl groups is 1. The van der Waals surface area contributed by atoms with Gasteiger partial charge in [0.1, 0.15) is 5.75 Å². The van der Waals surface area contributed by atoms with Gasteiger partial charge >= 0.3 is 0 Å². The molecule has 0 unspecified atom stereocenters. The van der Waals surface area contributed by atoms with Crippen molar-refractivity contribution >= 4 is 17.5 Å². The van der Waals surface area contributed by atoms with Crippen LogP contribution in [-0.4, -0.2) is 23.4 Å². The summed E-state index contributed by atoms with van der Waals surface area (Å²) >= 11 is 5.71. The van der Waals surface area contributed by atoms with E-state index >= 15 is 0 Å². The van der Waals surface area contributed by atoms with Crippen LogP contribution in [0.3, 0.4) is 0 Å². The zero-order valence-corrected chi connectivity index (χ0v) is 11.6. The maximum Gasteiger partial charge on any atom is 0.224 e. The summed E-state index contributed by atoms with van der Waals surface area (Å²) in [6, 6.07) is 6.87. The lowest BCUT2D eigenvalue weighted by molar-refractivity contribution is -0.120. The molecule has 0 aliphatic carbocycles. The second kappa shape index (κ2) is 6.64. The minimum atomic E-state index is -0.0841. The number of rotatable bonds is 6. The Kier molecular flexibility index (Phi) is 5.48. The number of hydrogen-bond acceptors (Lipinski definition) is 2. The van der Waals surface area contributed by atoms with Crippen molar-refractivity contribution in [1.82, 2.24) is 5.32 Å². The topological polar surface area (TPSA) is 49.3 Å². The van der Waals surface area contributed by atoms with Crippen LogP contribution in [0.5, 0.6) is 5.75 Å². The summed E-state index contributed by atoms with van der Waals surface area (Å²) in [6.07, 6.45) is 1.05. The lowest BCUT2D eigenvalue weighted by Gasteiger charge is -2.23. The van der Waals surface area contributed by atoms with E-state index in [4.69, 9.17) is 11.6 Å². The average Bonchev–Trinajstić information content (AvgIpc) is 2.30. The van der Waals surface area contributed by atoms with Gasteiger partial charge in [0.2, 0.25) is 5.91 Å². The Morgan fingerprint density at radius 3 is 2.67 bits per heavy atom. The monoisotopic (exact) mass is 269 g/mol. The van der Waals surface area contributed by atoms with E-state index in [1.807, 2.05) is 0 Å². The highest BCUT2D eigenvalue weighted by Gasteiger charge is 2.18. The first-order valence-electron chi connectivity index (χ1n) is 6.04.